The minimum absolute atomic E-state index is 0.394. The number of amides is 1. The van der Waals surface area contributed by atoms with Crippen molar-refractivity contribution >= 4 is 12.1 Å². The molecule has 0 spiro atoms. The van der Waals surface area contributed by atoms with Crippen LogP contribution in [0.2, 0.25) is 0 Å². The molecule has 1 N–H and O–H groups in total. The molecule has 1 atom stereocenters. The van der Waals surface area contributed by atoms with Crippen LogP contribution in [0.25, 0.3) is 0 Å². The molecule has 5 heteroatoms. The summed E-state index contributed by atoms with van der Waals surface area (Å²) in [5, 5.41) is 2.64. The van der Waals surface area contributed by atoms with Gasteiger partial charge in [-0.3, -0.25) is 0 Å². The number of rotatable bonds is 5. The third kappa shape index (κ3) is 8.58. The molecule has 0 heterocycles. The molecule has 122 valence electrons. The lowest BCUT2D eigenvalue weighted by Gasteiger charge is -2.26. The van der Waals surface area contributed by atoms with E-state index in [1.807, 2.05) is 20.8 Å². The Morgan fingerprint density at radius 2 is 1.57 bits per heavy atom. The Morgan fingerprint density at radius 3 is 2.00 bits per heavy atom. The van der Waals surface area contributed by atoms with Crippen LogP contribution in [0.3, 0.4) is 0 Å². The monoisotopic (exact) mass is 299 g/mol. The molecule has 1 amide bonds. The van der Waals surface area contributed by atoms with Gasteiger partial charge in [0, 0.05) is 0 Å². The summed E-state index contributed by atoms with van der Waals surface area (Å²) in [5.41, 5.74) is -1.15. The van der Waals surface area contributed by atoms with Gasteiger partial charge in [0.1, 0.15) is 17.2 Å². The number of ether oxygens (including phenoxy) is 2. The van der Waals surface area contributed by atoms with Crippen LogP contribution in [-0.2, 0) is 14.3 Å². The number of hydrogen-bond donors (Lipinski definition) is 1. The molecule has 1 aliphatic carbocycles. The number of alkyl carbamates (subject to hydrolysis) is 1. The zero-order chi connectivity index (χ0) is 16.3. The minimum atomic E-state index is -0.639. The van der Waals surface area contributed by atoms with E-state index in [9.17, 15) is 9.59 Å². The van der Waals surface area contributed by atoms with E-state index >= 15 is 0 Å². The third-order valence-corrected chi connectivity index (χ3v) is 2.94. The SMILES string of the molecule is CC(C)(C)OC(=O)N[C@@H](CCC1CC1)C(=O)OC(C)(C)C. The summed E-state index contributed by atoms with van der Waals surface area (Å²) in [5.74, 6) is 0.296. The van der Waals surface area contributed by atoms with Crippen LogP contribution in [0.15, 0.2) is 0 Å². The zero-order valence-electron chi connectivity index (χ0n) is 14.1. The lowest BCUT2D eigenvalue weighted by atomic mass is 10.1. The first-order valence-corrected chi connectivity index (χ1v) is 7.69. The summed E-state index contributed by atoms with van der Waals surface area (Å²) in [7, 11) is 0. The van der Waals surface area contributed by atoms with Crippen molar-refractivity contribution in [2.45, 2.75) is 84.5 Å². The maximum atomic E-state index is 12.2. The van der Waals surface area contributed by atoms with Gasteiger partial charge in [0.2, 0.25) is 0 Å². The molecule has 5 nitrogen and oxygen atoms in total. The van der Waals surface area contributed by atoms with Crippen LogP contribution < -0.4 is 5.32 Å². The van der Waals surface area contributed by atoms with Crippen LogP contribution in [-0.4, -0.2) is 29.3 Å². The summed E-state index contributed by atoms with van der Waals surface area (Å²) < 4.78 is 10.6. The largest absolute Gasteiger partial charge is 0.458 e. The van der Waals surface area contributed by atoms with E-state index in [1.165, 1.54) is 12.8 Å². The van der Waals surface area contributed by atoms with Crippen molar-refractivity contribution in [3.8, 4) is 0 Å². The van der Waals surface area contributed by atoms with Crippen LogP contribution >= 0.6 is 0 Å². The lowest BCUT2D eigenvalue weighted by molar-refractivity contribution is -0.157. The Balaban J connectivity index is 2.57. The molecule has 0 aliphatic heterocycles. The molecule has 0 saturated heterocycles. The second-order valence-corrected chi connectivity index (χ2v) is 7.75. The smallest absolute Gasteiger partial charge is 0.408 e. The zero-order valence-corrected chi connectivity index (χ0v) is 14.1. The first kappa shape index (κ1) is 17.8. The van der Waals surface area contributed by atoms with Gasteiger partial charge in [-0.25, -0.2) is 9.59 Å². The molecule has 1 saturated carbocycles. The van der Waals surface area contributed by atoms with E-state index in [-0.39, 0.29) is 0 Å². The summed E-state index contributed by atoms with van der Waals surface area (Å²) in [6.07, 6.45) is 3.38. The standard InChI is InChI=1S/C16H29NO4/c1-15(2,3)20-13(18)12(10-9-11-7-8-11)17-14(19)21-16(4,5)6/h11-12H,7-10H2,1-6H3,(H,17,19)/t12-/m0/s1. The number of esters is 1. The normalized spacial score (nSPS) is 17.0. The van der Waals surface area contributed by atoms with E-state index in [0.29, 0.717) is 12.3 Å². The molecule has 0 aromatic heterocycles. The molecule has 0 radical (unpaired) electrons. The fourth-order valence-electron chi connectivity index (χ4n) is 1.88. The van der Waals surface area contributed by atoms with E-state index in [4.69, 9.17) is 9.47 Å². The Bertz CT molecular complexity index is 375. The third-order valence-electron chi connectivity index (χ3n) is 2.94. The van der Waals surface area contributed by atoms with Crippen molar-refractivity contribution < 1.29 is 19.1 Å². The highest BCUT2D eigenvalue weighted by Gasteiger charge is 2.30. The summed E-state index contributed by atoms with van der Waals surface area (Å²) in [6.45, 7) is 10.8. The van der Waals surface area contributed by atoms with Gasteiger partial charge in [-0.2, -0.15) is 0 Å². The number of carbonyl (C=O) groups excluding carboxylic acids is 2. The molecular weight excluding hydrogens is 270 g/mol. The molecule has 0 bridgehead atoms. The van der Waals surface area contributed by atoms with Crippen molar-refractivity contribution in [3.05, 3.63) is 0 Å². The van der Waals surface area contributed by atoms with Crippen molar-refractivity contribution in [1.29, 1.82) is 0 Å². The second kappa shape index (κ2) is 6.67. The molecule has 1 rings (SSSR count). The highest BCUT2D eigenvalue weighted by Crippen LogP contribution is 2.34. The molecule has 1 fully saturated rings. The lowest BCUT2D eigenvalue weighted by Crippen LogP contribution is -2.46. The summed E-state index contributed by atoms with van der Waals surface area (Å²) in [4.78, 5) is 24.1. The van der Waals surface area contributed by atoms with Crippen molar-refractivity contribution in [2.24, 2.45) is 5.92 Å². The Hall–Kier alpha value is -1.26. The Kier molecular flexibility index (Phi) is 5.65. The van der Waals surface area contributed by atoms with Gasteiger partial charge in [0.15, 0.2) is 0 Å². The van der Waals surface area contributed by atoms with E-state index in [1.54, 1.807) is 20.8 Å². The molecule has 0 aromatic rings. The molecule has 1 aliphatic rings. The predicted octanol–water partition coefficient (Wildman–Crippen LogP) is 3.41. The number of nitrogens with one attached hydrogen (secondary N) is 1. The van der Waals surface area contributed by atoms with Crippen LogP contribution in [0.1, 0.15) is 67.2 Å². The maximum Gasteiger partial charge on any atom is 0.408 e. The van der Waals surface area contributed by atoms with Crippen molar-refractivity contribution in [3.63, 3.8) is 0 Å². The Labute approximate surface area is 127 Å². The fraction of sp³-hybridized carbons (Fsp3) is 0.875. The highest BCUT2D eigenvalue weighted by molar-refractivity contribution is 5.81. The second-order valence-electron chi connectivity index (χ2n) is 7.75. The van der Waals surface area contributed by atoms with E-state index in [0.717, 1.165) is 6.42 Å². The van der Waals surface area contributed by atoms with Crippen molar-refractivity contribution in [1.82, 2.24) is 5.32 Å². The first-order chi connectivity index (χ1) is 9.46. The molecule has 0 unspecified atom stereocenters. The molecular formula is C16H29NO4. The first-order valence-electron chi connectivity index (χ1n) is 7.69. The average Bonchev–Trinajstić information content (AvgIpc) is 3.02. The predicted molar refractivity (Wildman–Crippen MR) is 81.0 cm³/mol. The molecule has 21 heavy (non-hydrogen) atoms. The van der Waals surface area contributed by atoms with Gasteiger partial charge < -0.3 is 14.8 Å². The van der Waals surface area contributed by atoms with Gasteiger partial charge in [0.25, 0.3) is 0 Å². The van der Waals surface area contributed by atoms with Crippen LogP contribution in [0, 0.1) is 5.92 Å². The average molecular weight is 299 g/mol. The van der Waals surface area contributed by atoms with Gasteiger partial charge in [0.05, 0.1) is 0 Å². The summed E-state index contributed by atoms with van der Waals surface area (Å²) >= 11 is 0. The minimum Gasteiger partial charge on any atom is -0.458 e. The van der Waals surface area contributed by atoms with Gasteiger partial charge in [-0.1, -0.05) is 12.8 Å². The summed E-state index contributed by atoms with van der Waals surface area (Å²) in [6, 6.07) is -0.639. The van der Waals surface area contributed by atoms with Gasteiger partial charge >= 0.3 is 12.1 Å². The van der Waals surface area contributed by atoms with Crippen molar-refractivity contribution in [2.75, 3.05) is 0 Å². The topological polar surface area (TPSA) is 64.6 Å². The van der Waals surface area contributed by atoms with E-state index in [2.05, 4.69) is 5.32 Å². The van der Waals surface area contributed by atoms with Gasteiger partial charge in [-0.15, -0.1) is 0 Å². The quantitative estimate of drug-likeness (QED) is 0.790. The maximum absolute atomic E-state index is 12.2. The van der Waals surface area contributed by atoms with Crippen LogP contribution in [0.5, 0.6) is 0 Å². The Morgan fingerprint density at radius 1 is 1.05 bits per heavy atom. The number of carbonyl (C=O) groups is 2. The van der Waals surface area contributed by atoms with E-state index < -0.39 is 29.3 Å². The number of hydrogen-bond acceptors (Lipinski definition) is 4. The molecule has 0 aromatic carbocycles. The van der Waals surface area contributed by atoms with Crippen LogP contribution in [0.4, 0.5) is 4.79 Å². The van der Waals surface area contributed by atoms with Gasteiger partial charge in [-0.05, 0) is 60.3 Å². The fourth-order valence-corrected chi connectivity index (χ4v) is 1.88. The highest BCUT2D eigenvalue weighted by atomic mass is 16.6.